The van der Waals surface area contributed by atoms with Crippen LogP contribution in [0.4, 0.5) is 0 Å². The summed E-state index contributed by atoms with van der Waals surface area (Å²) in [6.45, 7) is 8.19. The van der Waals surface area contributed by atoms with Crippen molar-refractivity contribution in [1.29, 1.82) is 15.8 Å². The van der Waals surface area contributed by atoms with Crippen LogP contribution in [-0.2, 0) is 50.8 Å². The van der Waals surface area contributed by atoms with Crippen LogP contribution < -0.4 is 18.9 Å². The van der Waals surface area contributed by atoms with E-state index in [0.29, 0.717) is 68.0 Å². The van der Waals surface area contributed by atoms with Crippen molar-refractivity contribution in [2.24, 2.45) is 0 Å². The Bertz CT molecular complexity index is 8190. The molecule has 19 aromatic rings. The molecule has 12 aromatic carbocycles. The van der Waals surface area contributed by atoms with Gasteiger partial charge in [0.15, 0.2) is 26.9 Å². The van der Waals surface area contributed by atoms with Crippen LogP contribution >= 0.6 is 0 Å². The van der Waals surface area contributed by atoms with E-state index in [1.807, 2.05) is 279 Å². The minimum Gasteiger partial charge on any atom is -0.486 e. The van der Waals surface area contributed by atoms with Gasteiger partial charge in [-0.05, 0) is 239 Å². The molecule has 0 aliphatic carbocycles. The SMILES string of the molecule is [C-]#[N+]/C(=C\c1ccc2c(c1)c1ccccc1n2COc1ccc(-c2c3nc(c(-c4ccc(OCn5c6ccccc6c6cc(/C=C(/C#N)C(=O)O)ccc65)cc4)c4ccc([nH]4)c(-c4ccc(OCn5c6ccccc6c6cc(/C=C(\C#N)OC=O)ccc65)cc4)c4nc(c(-c5ccc(OCn6c7ccccc7c7cc(/C=C(/C#N)C(=O)O)ccc76)cc5)c5ccc2[nH]5)C=C4)C=C3)cc1)C(=O)O. The van der Waals surface area contributed by atoms with E-state index in [1.165, 1.54) is 24.3 Å². The number of carboxylic acid groups (broad SMARTS) is 3. The summed E-state index contributed by atoms with van der Waals surface area (Å²) in [5, 5.41) is 65.3. The van der Waals surface area contributed by atoms with Gasteiger partial charge in [0.2, 0.25) is 5.76 Å². The van der Waals surface area contributed by atoms with Gasteiger partial charge in [0, 0.05) is 87.4 Å². The fourth-order valence-corrected chi connectivity index (χ4v) is 18.3. The fraction of sp³-hybridized carbons (Fsp3) is 0.0357. The van der Waals surface area contributed by atoms with Crippen molar-refractivity contribution in [3.8, 4) is 85.7 Å². The highest BCUT2D eigenvalue weighted by atomic mass is 16.5. The highest BCUT2D eigenvalue weighted by Gasteiger charge is 2.25. The first-order valence-electron chi connectivity index (χ1n) is 43.0. The first-order chi connectivity index (χ1) is 66.6. The van der Waals surface area contributed by atoms with Crippen molar-refractivity contribution in [3.05, 3.63) is 370 Å². The van der Waals surface area contributed by atoms with Crippen LogP contribution in [0.5, 0.6) is 23.0 Å². The van der Waals surface area contributed by atoms with Gasteiger partial charge in [0.25, 0.3) is 12.2 Å². The number of nitrogens with one attached hydrogen (secondary N) is 2. The Kier molecular flexibility index (Phi) is 21.5. The summed E-state index contributed by atoms with van der Waals surface area (Å²) in [7, 11) is 0. The number of aromatic amines is 2. The molecular formula is C112H70N12O12. The normalized spacial score (nSPS) is 12.2. The quantitative estimate of drug-likeness (QED) is 0.0117. The third-order valence-corrected chi connectivity index (χ3v) is 24.5. The maximum absolute atomic E-state index is 11.9. The van der Waals surface area contributed by atoms with Crippen LogP contribution in [0.3, 0.4) is 0 Å². The number of para-hydroxylation sites is 4. The molecule has 136 heavy (non-hydrogen) atoms. The highest BCUT2D eigenvalue weighted by Crippen LogP contribution is 2.43. The molecular weight excluding hydrogens is 1710 g/mol. The number of aromatic nitrogens is 8. The molecule has 0 saturated heterocycles. The molecule has 650 valence electrons. The smallest absolute Gasteiger partial charge is 0.346 e. The minimum atomic E-state index is -1.31. The lowest BCUT2D eigenvalue weighted by atomic mass is 10.0. The Morgan fingerprint density at radius 1 is 0.338 bits per heavy atom. The highest BCUT2D eigenvalue weighted by molar-refractivity contribution is 6.13. The molecule has 0 fully saturated rings. The van der Waals surface area contributed by atoms with Crippen molar-refractivity contribution >= 4 is 182 Å². The molecule has 24 heteroatoms. The van der Waals surface area contributed by atoms with Gasteiger partial charge in [-0.2, -0.15) is 15.8 Å². The van der Waals surface area contributed by atoms with Crippen LogP contribution in [0.15, 0.2) is 314 Å². The van der Waals surface area contributed by atoms with Gasteiger partial charge in [0.05, 0.1) is 73.5 Å². The Morgan fingerprint density at radius 3 is 0.868 bits per heavy atom. The third-order valence-electron chi connectivity index (χ3n) is 24.5. The molecule has 0 radical (unpaired) electrons. The second kappa shape index (κ2) is 35.1. The number of ether oxygens (including phenoxy) is 5. The van der Waals surface area contributed by atoms with Crippen LogP contribution in [-0.4, -0.2) is 77.9 Å². The summed E-state index contributed by atoms with van der Waals surface area (Å²) >= 11 is 0. The van der Waals surface area contributed by atoms with Crippen LogP contribution in [0.2, 0.25) is 0 Å². The lowest BCUT2D eigenvalue weighted by molar-refractivity contribution is -0.133. The molecule has 0 amide bonds. The summed E-state index contributed by atoms with van der Waals surface area (Å²) in [4.78, 5) is 69.4. The average Bonchev–Trinajstić information content (AvgIpc) is 1.61. The lowest BCUT2D eigenvalue weighted by Crippen LogP contribution is -2.04. The maximum Gasteiger partial charge on any atom is 0.346 e. The fourth-order valence-electron chi connectivity index (χ4n) is 18.3. The molecule has 8 bridgehead atoms. The van der Waals surface area contributed by atoms with E-state index < -0.39 is 23.6 Å². The molecule has 5 N–H and O–H groups in total. The van der Waals surface area contributed by atoms with Gasteiger partial charge in [-0.15, -0.1) is 0 Å². The van der Waals surface area contributed by atoms with Crippen LogP contribution in [0.1, 0.15) is 45.0 Å². The van der Waals surface area contributed by atoms with E-state index in [4.69, 9.17) is 40.2 Å². The average molecular weight is 1780 g/mol. The molecule has 21 rings (SSSR count). The third kappa shape index (κ3) is 15.6. The van der Waals surface area contributed by atoms with Crippen molar-refractivity contribution in [1.82, 2.24) is 38.2 Å². The molecule has 0 spiro atoms. The van der Waals surface area contributed by atoms with Crippen molar-refractivity contribution in [2.75, 3.05) is 0 Å². The number of carbonyl (C=O) groups is 4. The predicted molar refractivity (Wildman–Crippen MR) is 526 cm³/mol. The number of H-pyrrole nitrogens is 2. The number of aliphatic carboxylic acids is 3. The number of nitriles is 3. The van der Waals surface area contributed by atoms with E-state index in [-0.39, 0.29) is 50.3 Å². The van der Waals surface area contributed by atoms with Gasteiger partial charge in [-0.25, -0.2) is 24.4 Å². The minimum absolute atomic E-state index is 0.111. The monoisotopic (exact) mass is 1770 g/mol. The Morgan fingerprint density at radius 2 is 0.610 bits per heavy atom. The zero-order valence-electron chi connectivity index (χ0n) is 71.7. The first-order valence-corrected chi connectivity index (χ1v) is 43.0. The standard InChI is InChI=1S/C112H70N12O12/c1-116-97(112(130)131)57-69-21-49-105-88(56-69)84-13-5-9-17-101(84)124(105)64-135-79-36-28-73(29-37-79)109-95-44-40-91(119-95)106(70-22-30-76(31-23-70)132-61-121-98-14-6-2-10-81(98)85-53-66(18-46-102(85)121)50-74(58-113)110(126)127)89-38-42-93(117-89)108(72-26-34-78(35-27-72)134-63-123-100-16-8-4-12-83(100)87-55-68(20-48-104(87)123)52-80(60-115)136-65-125)94-43-39-90(118-94)107(92-41-45-96(109)120-92)71-24-32-77(33-25-71)133-62-122-99-15-7-3-11-82(99)86-54-67(19-47-103(86)122)51-75(59-114)111(128)129/h2-57,65,117,120H,61-64H2,(H,126,127)(H,128,129)(H,130,131)/b74-50-,75-51-,80-52+,97-57-,106-89?,106-91?,107-90?,107-92?,108-93?,108-94?,109-95?,109-96?. The van der Waals surface area contributed by atoms with Gasteiger partial charge in [-0.3, -0.25) is 9.59 Å². The number of carbonyl (C=O) groups excluding carboxylic acids is 1. The molecule has 2 aliphatic heterocycles. The van der Waals surface area contributed by atoms with E-state index in [2.05, 4.69) is 57.3 Å². The number of nitrogens with zero attached hydrogens (tertiary/aromatic N) is 10. The molecule has 7 aromatic heterocycles. The predicted octanol–water partition coefficient (Wildman–Crippen LogP) is 24.3. The van der Waals surface area contributed by atoms with Crippen LogP contribution in [0, 0.1) is 40.6 Å². The summed E-state index contributed by atoms with van der Waals surface area (Å²) in [6, 6.07) is 99.5. The summed E-state index contributed by atoms with van der Waals surface area (Å²) in [5.74, 6) is -1.76. The Labute approximate surface area is 772 Å². The number of carboxylic acids is 3. The van der Waals surface area contributed by atoms with E-state index in [9.17, 15) is 50.3 Å². The number of allylic oxidation sites excluding steroid dienone is 1. The van der Waals surface area contributed by atoms with Crippen molar-refractivity contribution < 1.29 is 58.2 Å². The zero-order valence-corrected chi connectivity index (χ0v) is 71.7. The molecule has 0 atom stereocenters. The van der Waals surface area contributed by atoms with Gasteiger partial charge in [0.1, 0.15) is 52.4 Å². The largest absolute Gasteiger partial charge is 0.486 e. The van der Waals surface area contributed by atoms with Gasteiger partial charge < -0.3 is 67.2 Å². The van der Waals surface area contributed by atoms with E-state index >= 15 is 0 Å². The molecule has 24 nitrogen and oxygen atoms in total. The second-order valence-electron chi connectivity index (χ2n) is 32.3. The van der Waals surface area contributed by atoms with E-state index in [0.717, 1.165) is 154 Å². The van der Waals surface area contributed by atoms with Crippen molar-refractivity contribution in [3.63, 3.8) is 0 Å². The topological polar surface area (TPSA) is 328 Å². The maximum atomic E-state index is 11.9. The van der Waals surface area contributed by atoms with Gasteiger partial charge in [-0.1, -0.05) is 146 Å². The molecule has 0 saturated carbocycles. The number of hydrogen-bond donors (Lipinski definition) is 5. The van der Waals surface area contributed by atoms with Crippen LogP contribution in [0.25, 0.3) is 207 Å². The number of benzene rings is 12. The summed E-state index contributed by atoms with van der Waals surface area (Å²) in [5.41, 5.74) is 20.0. The summed E-state index contributed by atoms with van der Waals surface area (Å²) < 4.78 is 40.1. The molecule has 0 unspecified atom stereocenters. The first kappa shape index (κ1) is 83.4. The summed E-state index contributed by atoms with van der Waals surface area (Å²) in [6.07, 6.45) is 13.7. The second-order valence-corrected chi connectivity index (χ2v) is 32.3. The number of fused-ring (bicyclic) bond motifs is 20. The zero-order chi connectivity index (χ0) is 92.8. The molecule has 9 heterocycles. The number of hydrogen-bond acceptors (Lipinski definition) is 14. The van der Waals surface area contributed by atoms with E-state index in [1.54, 1.807) is 30.3 Å². The Hall–Kier alpha value is -19.6. The Balaban J connectivity index is 0.696. The van der Waals surface area contributed by atoms with Gasteiger partial charge >= 0.3 is 17.9 Å². The lowest BCUT2D eigenvalue weighted by Gasteiger charge is -2.12. The number of rotatable bonds is 25. The van der Waals surface area contributed by atoms with Crippen molar-refractivity contribution in [2.45, 2.75) is 26.9 Å². The molecule has 2 aliphatic rings.